The summed E-state index contributed by atoms with van der Waals surface area (Å²) in [6.45, 7) is 6.67. The summed E-state index contributed by atoms with van der Waals surface area (Å²) in [5, 5.41) is 2.69. The third kappa shape index (κ3) is 5.14. The minimum Gasteiger partial charge on any atom is -0.368 e. The molecule has 1 amide bonds. The lowest BCUT2D eigenvalue weighted by Gasteiger charge is -2.27. The molecule has 2 rings (SSSR count). The summed E-state index contributed by atoms with van der Waals surface area (Å²) in [5.41, 5.74) is 0.289. The number of nitrogens with zero attached hydrogens (tertiary/aromatic N) is 1. The summed E-state index contributed by atoms with van der Waals surface area (Å²) < 4.78 is 32.7. The average Bonchev–Trinajstić information content (AvgIpc) is 2.63. The van der Waals surface area contributed by atoms with Crippen molar-refractivity contribution in [3.05, 3.63) is 36.9 Å². The van der Waals surface area contributed by atoms with E-state index >= 15 is 0 Å². The van der Waals surface area contributed by atoms with Crippen LogP contribution in [0.5, 0.6) is 0 Å². The second-order valence-corrected chi connectivity index (χ2v) is 7.95. The number of ether oxygens (including phenoxy) is 1. The van der Waals surface area contributed by atoms with E-state index in [-0.39, 0.29) is 16.5 Å². The number of nitrogens with one attached hydrogen (secondary N) is 1. The van der Waals surface area contributed by atoms with Crippen molar-refractivity contribution in [1.82, 2.24) is 4.31 Å². The van der Waals surface area contributed by atoms with Gasteiger partial charge in [-0.15, -0.1) is 6.58 Å². The van der Waals surface area contributed by atoms with Gasteiger partial charge in [-0.1, -0.05) is 24.6 Å². The van der Waals surface area contributed by atoms with Gasteiger partial charge in [0, 0.05) is 13.1 Å². The van der Waals surface area contributed by atoms with Crippen LogP contribution in [0.2, 0.25) is 0 Å². The van der Waals surface area contributed by atoms with E-state index < -0.39 is 16.1 Å². The van der Waals surface area contributed by atoms with Gasteiger partial charge >= 0.3 is 0 Å². The first kappa shape index (κ1) is 19.6. The molecule has 1 aliphatic heterocycles. The molecule has 1 N–H and O–H groups in total. The Bertz CT molecular complexity index is 697. The molecule has 0 aromatic heterocycles. The Kier molecular flexibility index (Phi) is 7.16. The molecule has 1 aromatic rings. The fraction of sp³-hybridized carbons (Fsp3) is 0.500. The predicted octanol–water partition coefficient (Wildman–Crippen LogP) is 2.78. The highest BCUT2D eigenvalue weighted by atomic mass is 32.2. The number of hydrogen-bond donors (Lipinski definition) is 1. The lowest BCUT2D eigenvalue weighted by Crippen LogP contribution is -2.36. The minimum atomic E-state index is -3.62. The number of hydrogen-bond acceptors (Lipinski definition) is 4. The van der Waals surface area contributed by atoms with E-state index in [1.54, 1.807) is 31.2 Å². The molecule has 138 valence electrons. The molecule has 1 aliphatic rings. The SMILES string of the molecule is C=CCCOC(C)C(=O)Nc1ccccc1S(=O)(=O)N1CCCCC1. The number of sulfonamides is 1. The standard InChI is InChI=1S/C18H26N2O4S/c1-3-4-14-24-15(2)18(21)19-16-10-6-7-11-17(16)25(22,23)20-12-8-5-9-13-20/h3,6-7,10-11,15H,1,4-5,8-9,12-14H2,2H3,(H,19,21). The van der Waals surface area contributed by atoms with Gasteiger partial charge < -0.3 is 10.1 Å². The van der Waals surface area contributed by atoms with Crippen LogP contribution in [0.4, 0.5) is 5.69 Å². The number of amides is 1. The molecular formula is C18H26N2O4S. The summed E-state index contributed by atoms with van der Waals surface area (Å²) in [7, 11) is -3.62. The van der Waals surface area contributed by atoms with Crippen molar-refractivity contribution in [1.29, 1.82) is 0 Å². The molecule has 0 spiro atoms. The van der Waals surface area contributed by atoms with Gasteiger partial charge in [-0.25, -0.2) is 8.42 Å². The Morgan fingerprint density at radius 3 is 2.68 bits per heavy atom. The van der Waals surface area contributed by atoms with Crippen LogP contribution < -0.4 is 5.32 Å². The zero-order chi connectivity index (χ0) is 18.3. The van der Waals surface area contributed by atoms with E-state index in [4.69, 9.17) is 4.74 Å². The maximum Gasteiger partial charge on any atom is 0.253 e. The van der Waals surface area contributed by atoms with Crippen molar-refractivity contribution in [2.24, 2.45) is 0 Å². The third-order valence-electron chi connectivity index (χ3n) is 4.14. The van der Waals surface area contributed by atoms with Crippen LogP contribution in [0.3, 0.4) is 0 Å². The van der Waals surface area contributed by atoms with Gasteiger partial charge in [0.15, 0.2) is 0 Å². The molecule has 0 bridgehead atoms. The Hall–Kier alpha value is -1.70. The maximum absolute atomic E-state index is 12.9. The molecule has 1 aromatic carbocycles. The number of benzene rings is 1. The topological polar surface area (TPSA) is 75.7 Å². The van der Waals surface area contributed by atoms with E-state index in [1.165, 1.54) is 10.4 Å². The van der Waals surface area contributed by atoms with Gasteiger partial charge in [0.25, 0.3) is 5.91 Å². The number of piperidine rings is 1. The molecule has 6 nitrogen and oxygen atoms in total. The first-order valence-corrected chi connectivity index (χ1v) is 10.0. The molecule has 1 saturated heterocycles. The van der Waals surface area contributed by atoms with Crippen LogP contribution in [-0.2, 0) is 19.6 Å². The highest BCUT2D eigenvalue weighted by molar-refractivity contribution is 7.89. The lowest BCUT2D eigenvalue weighted by atomic mass is 10.2. The van der Waals surface area contributed by atoms with Gasteiger partial charge in [0.05, 0.1) is 12.3 Å². The molecular weight excluding hydrogens is 340 g/mol. The van der Waals surface area contributed by atoms with Crippen molar-refractivity contribution >= 4 is 21.6 Å². The van der Waals surface area contributed by atoms with Crippen LogP contribution in [0, 0.1) is 0 Å². The highest BCUT2D eigenvalue weighted by Crippen LogP contribution is 2.27. The molecule has 1 heterocycles. The highest BCUT2D eigenvalue weighted by Gasteiger charge is 2.28. The largest absolute Gasteiger partial charge is 0.368 e. The summed E-state index contributed by atoms with van der Waals surface area (Å²) in [6, 6.07) is 6.50. The van der Waals surface area contributed by atoms with Crippen molar-refractivity contribution in [3.8, 4) is 0 Å². The second-order valence-electron chi connectivity index (χ2n) is 6.04. The van der Waals surface area contributed by atoms with Gasteiger partial charge in [-0.2, -0.15) is 4.31 Å². The zero-order valence-electron chi connectivity index (χ0n) is 14.6. The number of rotatable bonds is 8. The summed E-state index contributed by atoms with van der Waals surface area (Å²) in [5.74, 6) is -0.370. The average molecular weight is 366 g/mol. The Balaban J connectivity index is 2.14. The van der Waals surface area contributed by atoms with Crippen LogP contribution in [0.1, 0.15) is 32.6 Å². The predicted molar refractivity (Wildman–Crippen MR) is 97.9 cm³/mol. The van der Waals surface area contributed by atoms with Gasteiger partial charge in [0.1, 0.15) is 11.0 Å². The van der Waals surface area contributed by atoms with E-state index in [9.17, 15) is 13.2 Å². The fourth-order valence-corrected chi connectivity index (χ4v) is 4.34. The molecule has 1 atom stereocenters. The molecule has 0 saturated carbocycles. The summed E-state index contributed by atoms with van der Waals surface area (Å²) >= 11 is 0. The number of anilines is 1. The first-order valence-electron chi connectivity index (χ1n) is 8.59. The number of para-hydroxylation sites is 1. The first-order chi connectivity index (χ1) is 12.0. The minimum absolute atomic E-state index is 0.128. The monoisotopic (exact) mass is 366 g/mol. The number of carbonyl (C=O) groups is 1. The van der Waals surface area contributed by atoms with Crippen LogP contribution >= 0.6 is 0 Å². The maximum atomic E-state index is 12.9. The summed E-state index contributed by atoms with van der Waals surface area (Å²) in [6.07, 6.45) is 4.46. The fourth-order valence-electron chi connectivity index (χ4n) is 2.68. The van der Waals surface area contributed by atoms with Crippen molar-refractivity contribution < 1.29 is 17.9 Å². The van der Waals surface area contributed by atoms with Crippen molar-refractivity contribution in [3.63, 3.8) is 0 Å². The number of carbonyl (C=O) groups excluding carboxylic acids is 1. The van der Waals surface area contributed by atoms with Gasteiger partial charge in [0.2, 0.25) is 10.0 Å². The van der Waals surface area contributed by atoms with E-state index in [1.807, 2.05) is 0 Å². The van der Waals surface area contributed by atoms with E-state index in [2.05, 4.69) is 11.9 Å². The molecule has 7 heteroatoms. The second kappa shape index (κ2) is 9.12. The Morgan fingerprint density at radius 1 is 1.32 bits per heavy atom. The Labute approximate surface area is 149 Å². The normalized spacial score (nSPS) is 17.0. The van der Waals surface area contributed by atoms with Crippen LogP contribution in [-0.4, -0.2) is 44.4 Å². The van der Waals surface area contributed by atoms with Crippen molar-refractivity contribution in [2.45, 2.75) is 43.6 Å². The lowest BCUT2D eigenvalue weighted by molar-refractivity contribution is -0.126. The molecule has 1 fully saturated rings. The molecule has 25 heavy (non-hydrogen) atoms. The molecule has 1 unspecified atom stereocenters. The molecule has 0 radical (unpaired) electrons. The molecule has 0 aliphatic carbocycles. The van der Waals surface area contributed by atoms with Crippen molar-refractivity contribution in [2.75, 3.05) is 25.0 Å². The summed E-state index contributed by atoms with van der Waals surface area (Å²) in [4.78, 5) is 12.4. The quantitative estimate of drug-likeness (QED) is 0.567. The third-order valence-corrected chi connectivity index (χ3v) is 6.09. The zero-order valence-corrected chi connectivity index (χ0v) is 15.4. The smallest absolute Gasteiger partial charge is 0.253 e. The van der Waals surface area contributed by atoms with E-state index in [0.717, 1.165) is 19.3 Å². The van der Waals surface area contributed by atoms with Crippen LogP contribution in [0.15, 0.2) is 41.8 Å². The van der Waals surface area contributed by atoms with E-state index in [0.29, 0.717) is 26.1 Å². The Morgan fingerprint density at radius 2 is 2.00 bits per heavy atom. The van der Waals surface area contributed by atoms with Gasteiger partial charge in [-0.05, 0) is 38.3 Å². The van der Waals surface area contributed by atoms with Crippen LogP contribution in [0.25, 0.3) is 0 Å². The van der Waals surface area contributed by atoms with Gasteiger partial charge in [-0.3, -0.25) is 4.79 Å².